The topological polar surface area (TPSA) is 0 Å². The van der Waals surface area contributed by atoms with Gasteiger partial charge in [-0.1, -0.05) is 63.3 Å². The maximum absolute atomic E-state index is 3.36. The van der Waals surface area contributed by atoms with Crippen molar-refractivity contribution in [2.75, 3.05) is 0 Å². The fourth-order valence-electron chi connectivity index (χ4n) is 2.44. The summed E-state index contributed by atoms with van der Waals surface area (Å²) >= 11 is 0. The summed E-state index contributed by atoms with van der Waals surface area (Å²) in [6.45, 7) is 13.1. The number of unbranched alkanes of at least 4 members (excludes halogenated alkanes) is 1. The number of allylic oxidation sites excluding steroid dienone is 8. The smallest absolute Gasteiger partial charge is 0 e. The number of hydrogen-bond acceptors (Lipinski definition) is 0. The second kappa shape index (κ2) is 13.8. The van der Waals surface area contributed by atoms with Crippen LogP contribution in [0.3, 0.4) is 0 Å². The summed E-state index contributed by atoms with van der Waals surface area (Å²) in [6, 6.07) is 0. The molecule has 0 aliphatic heterocycles. The molecule has 0 bridgehead atoms. The van der Waals surface area contributed by atoms with Gasteiger partial charge in [-0.3, -0.25) is 6.08 Å². The molecule has 0 nitrogen and oxygen atoms in total. The Kier molecular flexibility index (Phi) is 17.1. The van der Waals surface area contributed by atoms with Gasteiger partial charge in [0.15, 0.2) is 0 Å². The molecule has 0 N–H and O–H groups in total. The third-order valence-electron chi connectivity index (χ3n) is 4.17. The van der Waals surface area contributed by atoms with Gasteiger partial charge in [0, 0.05) is 25.8 Å². The molecule has 0 saturated heterocycles. The van der Waals surface area contributed by atoms with E-state index in [0.29, 0.717) is 5.92 Å². The summed E-state index contributed by atoms with van der Waals surface area (Å²) in [4.78, 5) is 0. The van der Waals surface area contributed by atoms with Crippen molar-refractivity contribution in [1.29, 1.82) is 0 Å². The summed E-state index contributed by atoms with van der Waals surface area (Å²) < 4.78 is 0. The van der Waals surface area contributed by atoms with E-state index in [1.807, 2.05) is 0 Å². The minimum atomic E-state index is 0. The Labute approximate surface area is 169 Å². The molecule has 22 heavy (non-hydrogen) atoms. The Morgan fingerprint density at radius 2 is 1.73 bits per heavy atom. The van der Waals surface area contributed by atoms with Crippen LogP contribution in [0.4, 0.5) is 0 Å². The molecule has 1 atom stereocenters. The third-order valence-corrected chi connectivity index (χ3v) is 4.17. The first-order valence-electron chi connectivity index (χ1n) is 7.59. The van der Waals surface area contributed by atoms with Crippen molar-refractivity contribution in [1.82, 2.24) is 0 Å². The van der Waals surface area contributed by atoms with Gasteiger partial charge in [0.2, 0.25) is 0 Å². The second-order valence-corrected chi connectivity index (χ2v) is 5.88. The van der Waals surface area contributed by atoms with Crippen LogP contribution in [0.2, 0.25) is 0 Å². The van der Waals surface area contributed by atoms with Gasteiger partial charge in [-0.15, -0.1) is 6.92 Å². The van der Waals surface area contributed by atoms with E-state index in [2.05, 4.69) is 59.8 Å². The summed E-state index contributed by atoms with van der Waals surface area (Å²) in [7, 11) is 0. The predicted molar refractivity (Wildman–Crippen MR) is 86.0 cm³/mol. The molecular weight excluding hydrogens is 478 g/mol. The first-order chi connectivity index (χ1) is 8.95. The molecule has 0 aromatic carbocycles. The molecule has 0 amide bonds. The summed E-state index contributed by atoms with van der Waals surface area (Å²) in [5, 5.41) is 0. The normalized spacial score (nSPS) is 18.8. The van der Waals surface area contributed by atoms with E-state index in [1.54, 1.807) is 5.57 Å². The summed E-state index contributed by atoms with van der Waals surface area (Å²) in [5.74, 6) is 0.560. The van der Waals surface area contributed by atoms with Crippen LogP contribution in [0.15, 0.2) is 40.0 Å². The van der Waals surface area contributed by atoms with Crippen LogP contribution in [0.25, 0.3) is 0 Å². The Morgan fingerprint density at radius 1 is 1.14 bits per heavy atom. The molecule has 126 valence electrons. The fraction of sp³-hybridized carbons (Fsp3) is 0.579. The number of halogens is 2. The summed E-state index contributed by atoms with van der Waals surface area (Å²) in [5.41, 5.74) is 7.32. The van der Waals surface area contributed by atoms with Crippen molar-refractivity contribution >= 4 is 0 Å². The van der Waals surface area contributed by atoms with Gasteiger partial charge in [-0.25, -0.2) is 5.57 Å². The molecule has 0 radical (unpaired) electrons. The molecule has 2 aliphatic rings. The first kappa shape index (κ1) is 27.3. The zero-order chi connectivity index (χ0) is 14.4. The molecule has 3 heteroatoms. The van der Waals surface area contributed by atoms with Crippen LogP contribution < -0.4 is 24.8 Å². The molecule has 0 saturated carbocycles. The molecule has 0 fully saturated rings. The van der Waals surface area contributed by atoms with Crippen molar-refractivity contribution in [2.24, 2.45) is 5.92 Å². The Balaban J connectivity index is -0.000000290. The number of rotatable bonds is 3. The van der Waals surface area contributed by atoms with Gasteiger partial charge in [0.25, 0.3) is 0 Å². The molecule has 2 rings (SSSR count). The second-order valence-electron chi connectivity index (χ2n) is 5.88. The van der Waals surface area contributed by atoms with E-state index in [1.165, 1.54) is 48.0 Å². The molecule has 0 heterocycles. The largest absolute Gasteiger partial charge is 1.00 e. The van der Waals surface area contributed by atoms with E-state index < -0.39 is 0 Å². The molecule has 2 aliphatic carbocycles. The van der Waals surface area contributed by atoms with Crippen molar-refractivity contribution in [2.45, 2.75) is 67.2 Å². The van der Waals surface area contributed by atoms with Crippen LogP contribution in [0.5, 0.6) is 0 Å². The minimum Gasteiger partial charge on any atom is -1.00 e. The first-order valence-corrected chi connectivity index (χ1v) is 7.59. The van der Waals surface area contributed by atoms with Crippen molar-refractivity contribution < 1.29 is 50.7 Å². The average molecular weight is 507 g/mol. The quantitative estimate of drug-likeness (QED) is 0.379. The zero-order valence-electron chi connectivity index (χ0n) is 14.8. The van der Waals surface area contributed by atoms with Crippen LogP contribution in [0.1, 0.15) is 67.2 Å². The summed E-state index contributed by atoms with van der Waals surface area (Å²) in [6.07, 6.45) is 13.2. The zero-order valence-corrected chi connectivity index (χ0v) is 19.9. The predicted octanol–water partition coefficient (Wildman–Crippen LogP) is 0.180. The van der Waals surface area contributed by atoms with E-state index >= 15 is 0 Å². The third kappa shape index (κ3) is 8.89. The van der Waals surface area contributed by atoms with Crippen molar-refractivity contribution in [3.8, 4) is 0 Å². The van der Waals surface area contributed by atoms with Crippen LogP contribution in [-0.4, -0.2) is 0 Å². The average Bonchev–Trinajstić information content (AvgIpc) is 2.88. The van der Waals surface area contributed by atoms with Crippen LogP contribution >= 0.6 is 0 Å². The molecule has 1 unspecified atom stereocenters. The Morgan fingerprint density at radius 3 is 2.00 bits per heavy atom. The van der Waals surface area contributed by atoms with E-state index in [0.717, 1.165) is 0 Å². The van der Waals surface area contributed by atoms with Crippen molar-refractivity contribution in [3.05, 3.63) is 46.1 Å². The van der Waals surface area contributed by atoms with E-state index in [4.69, 9.17) is 0 Å². The SMILES string of the molecule is CC1=[C-]C(C)C(C)=C1C.CCCCC1=CCC(C)=C1.[Cl-].[Cl-].[Hf]. The van der Waals surface area contributed by atoms with Gasteiger partial charge < -0.3 is 24.8 Å². The number of hydrogen-bond donors (Lipinski definition) is 0. The van der Waals surface area contributed by atoms with E-state index in [9.17, 15) is 0 Å². The molecule has 0 aromatic rings. The Bertz CT molecular complexity index is 442. The molecule has 0 spiro atoms. The van der Waals surface area contributed by atoms with Gasteiger partial charge >= 0.3 is 0 Å². The van der Waals surface area contributed by atoms with E-state index in [-0.39, 0.29) is 50.7 Å². The van der Waals surface area contributed by atoms with Crippen LogP contribution in [-0.2, 0) is 25.8 Å². The standard InChI is InChI=1S/C10H16.C9H13.2ClH.Hf/c1-3-4-5-10-7-6-9(2)8-10;1-6-5-7(2)9(4)8(6)3;;;/h7-8H,3-6H2,1-2H3;6H,1-4H3;2*1H;/q;-1;;;/p-2. The molecular formula is C19H29Cl2Hf-3. The van der Waals surface area contributed by atoms with Gasteiger partial charge in [0.1, 0.15) is 0 Å². The van der Waals surface area contributed by atoms with Crippen LogP contribution in [0, 0.1) is 12.0 Å². The fourth-order valence-corrected chi connectivity index (χ4v) is 2.44. The monoisotopic (exact) mass is 507 g/mol. The van der Waals surface area contributed by atoms with Gasteiger partial charge in [-0.05, 0) is 26.2 Å². The van der Waals surface area contributed by atoms with Gasteiger partial charge in [-0.2, -0.15) is 11.1 Å². The van der Waals surface area contributed by atoms with Crippen molar-refractivity contribution in [3.63, 3.8) is 0 Å². The maximum atomic E-state index is 3.36. The Hall–Kier alpha value is 0.410. The maximum Gasteiger partial charge on any atom is 0 e. The molecule has 0 aromatic heterocycles. The minimum absolute atomic E-state index is 0. The van der Waals surface area contributed by atoms with Gasteiger partial charge in [0.05, 0.1) is 0 Å².